The number of hydrogen-bond donors (Lipinski definition) is 3. The van der Waals surface area contributed by atoms with E-state index in [9.17, 15) is 19.2 Å². The Kier molecular flexibility index (Phi) is 10.7. The van der Waals surface area contributed by atoms with Crippen LogP contribution in [0.25, 0.3) is 0 Å². The van der Waals surface area contributed by atoms with Crippen molar-refractivity contribution in [3.8, 4) is 0 Å². The number of fused-ring (bicyclic) bond motifs is 1. The number of benzene rings is 2. The molecule has 0 aliphatic carbocycles. The first kappa shape index (κ1) is 33.0. The third-order valence-electron chi connectivity index (χ3n) is 6.36. The highest BCUT2D eigenvalue weighted by Gasteiger charge is 2.32. The van der Waals surface area contributed by atoms with Gasteiger partial charge in [0.15, 0.2) is 10.9 Å². The molecule has 0 bridgehead atoms. The Hall–Kier alpha value is -3.94. The van der Waals surface area contributed by atoms with Crippen LogP contribution in [0.1, 0.15) is 58.9 Å². The highest BCUT2D eigenvalue weighted by molar-refractivity contribution is 8.00. The third-order valence-corrected chi connectivity index (χ3v) is 8.69. The topological polar surface area (TPSA) is 126 Å². The maximum atomic E-state index is 13.0. The molecular formula is C31H34N4O6S3. The lowest BCUT2D eigenvalue weighted by atomic mass is 10.0. The monoisotopic (exact) mass is 654 g/mol. The first-order chi connectivity index (χ1) is 20.8. The minimum absolute atomic E-state index is 0.00899. The summed E-state index contributed by atoms with van der Waals surface area (Å²) >= 11 is 8.02. The molecule has 1 aliphatic heterocycles. The molecule has 0 saturated heterocycles. The summed E-state index contributed by atoms with van der Waals surface area (Å²) in [6.07, 6.45) is 0.0233. The maximum absolute atomic E-state index is 13.0. The molecule has 0 atom stereocenters. The van der Waals surface area contributed by atoms with Gasteiger partial charge in [0.2, 0.25) is 5.91 Å². The van der Waals surface area contributed by atoms with Crippen molar-refractivity contribution >= 4 is 80.6 Å². The minimum Gasteiger partial charge on any atom is -0.465 e. The van der Waals surface area contributed by atoms with Gasteiger partial charge < -0.3 is 30.3 Å². The SMILES string of the molecule is COC(=O)c1c(NC(=O)CSc2cccc(NC(=S)Nc3ccc(C(C)=O)cc3)c2)sc2c1CCN(C(=O)OC(C)(C)C)C2. The van der Waals surface area contributed by atoms with Gasteiger partial charge in [-0.1, -0.05) is 6.07 Å². The quantitative estimate of drug-likeness (QED) is 0.106. The van der Waals surface area contributed by atoms with Crippen LogP contribution in [-0.4, -0.2) is 58.8 Å². The van der Waals surface area contributed by atoms with E-state index in [1.807, 2.05) is 45.0 Å². The van der Waals surface area contributed by atoms with Gasteiger partial charge in [0.05, 0.1) is 25.0 Å². The summed E-state index contributed by atoms with van der Waals surface area (Å²) in [7, 11) is 1.30. The van der Waals surface area contributed by atoms with Crippen molar-refractivity contribution in [1.29, 1.82) is 0 Å². The molecule has 0 fully saturated rings. The van der Waals surface area contributed by atoms with Gasteiger partial charge in [-0.05, 0) is 94.4 Å². The zero-order chi connectivity index (χ0) is 32.0. The Morgan fingerprint density at radius 3 is 2.39 bits per heavy atom. The smallest absolute Gasteiger partial charge is 0.410 e. The standard InChI is InChI=1S/C31H34N4O6S3/c1-18(36)19-9-11-20(12-10-19)32-29(42)33-21-7-6-8-22(15-21)43-17-25(37)34-27-26(28(38)40-5)23-13-14-35(16-24(23)44-27)30(39)41-31(2,3)4/h6-12,15H,13-14,16-17H2,1-5H3,(H,34,37)(H2,32,33,42). The molecular weight excluding hydrogens is 621 g/mol. The first-order valence-corrected chi connectivity index (χ1v) is 16.0. The summed E-state index contributed by atoms with van der Waals surface area (Å²) in [6.45, 7) is 7.62. The van der Waals surface area contributed by atoms with E-state index in [1.54, 1.807) is 29.2 Å². The number of nitrogens with one attached hydrogen (secondary N) is 3. The molecule has 0 spiro atoms. The van der Waals surface area contributed by atoms with Crippen molar-refractivity contribution in [3.05, 3.63) is 70.1 Å². The van der Waals surface area contributed by atoms with E-state index in [2.05, 4.69) is 16.0 Å². The molecule has 13 heteroatoms. The molecule has 3 N–H and O–H groups in total. The zero-order valence-corrected chi connectivity index (χ0v) is 27.5. The average molecular weight is 655 g/mol. The lowest BCUT2D eigenvalue weighted by Crippen LogP contribution is -2.39. The minimum atomic E-state index is -0.621. The number of thiocarbonyl (C=S) groups is 1. The van der Waals surface area contributed by atoms with Crippen molar-refractivity contribution < 1.29 is 28.7 Å². The summed E-state index contributed by atoms with van der Waals surface area (Å²) in [5, 5.41) is 9.87. The average Bonchev–Trinajstić information content (AvgIpc) is 3.32. The van der Waals surface area contributed by atoms with E-state index in [0.29, 0.717) is 34.2 Å². The van der Waals surface area contributed by atoms with Crippen molar-refractivity contribution in [1.82, 2.24) is 4.90 Å². The molecule has 2 heterocycles. The van der Waals surface area contributed by atoms with Crippen LogP contribution in [0.15, 0.2) is 53.4 Å². The van der Waals surface area contributed by atoms with E-state index in [-0.39, 0.29) is 24.0 Å². The number of ether oxygens (including phenoxy) is 2. The third kappa shape index (κ3) is 8.80. The molecule has 10 nitrogen and oxygen atoms in total. The molecule has 0 unspecified atom stereocenters. The number of carbonyl (C=O) groups excluding carboxylic acids is 4. The Labute approximate surface area is 269 Å². The molecule has 2 amide bonds. The highest BCUT2D eigenvalue weighted by atomic mass is 32.2. The van der Waals surface area contributed by atoms with E-state index in [1.165, 1.54) is 37.1 Å². The van der Waals surface area contributed by atoms with E-state index >= 15 is 0 Å². The van der Waals surface area contributed by atoms with Gasteiger partial charge >= 0.3 is 12.1 Å². The van der Waals surface area contributed by atoms with Gasteiger partial charge in [0.1, 0.15) is 10.6 Å². The number of esters is 1. The van der Waals surface area contributed by atoms with Crippen LogP contribution < -0.4 is 16.0 Å². The molecule has 0 radical (unpaired) electrons. The molecule has 1 aliphatic rings. The summed E-state index contributed by atoms with van der Waals surface area (Å²) in [5.74, 6) is -0.728. The number of anilines is 3. The fourth-order valence-electron chi connectivity index (χ4n) is 4.35. The molecule has 4 rings (SSSR count). The second kappa shape index (κ2) is 14.2. The Balaban J connectivity index is 1.36. The highest BCUT2D eigenvalue weighted by Crippen LogP contribution is 2.38. The van der Waals surface area contributed by atoms with Crippen LogP contribution in [0.4, 0.5) is 21.2 Å². The van der Waals surface area contributed by atoms with Gasteiger partial charge in [-0.3, -0.25) is 9.59 Å². The largest absolute Gasteiger partial charge is 0.465 e. The lowest BCUT2D eigenvalue weighted by molar-refractivity contribution is -0.113. The van der Waals surface area contributed by atoms with Gasteiger partial charge in [0.25, 0.3) is 0 Å². The lowest BCUT2D eigenvalue weighted by Gasteiger charge is -2.30. The van der Waals surface area contributed by atoms with Crippen LogP contribution in [-0.2, 0) is 27.2 Å². The molecule has 232 valence electrons. The fourth-order valence-corrected chi connectivity index (χ4v) is 6.61. The van der Waals surface area contributed by atoms with Crippen LogP contribution in [0.3, 0.4) is 0 Å². The number of amides is 2. The van der Waals surface area contributed by atoms with Crippen LogP contribution in [0.5, 0.6) is 0 Å². The molecule has 44 heavy (non-hydrogen) atoms. The fraction of sp³-hybridized carbons (Fsp3) is 0.323. The Morgan fingerprint density at radius 1 is 1.02 bits per heavy atom. The van der Waals surface area contributed by atoms with Crippen molar-refractivity contribution in [3.63, 3.8) is 0 Å². The van der Waals surface area contributed by atoms with Crippen LogP contribution in [0, 0.1) is 0 Å². The first-order valence-electron chi connectivity index (χ1n) is 13.8. The van der Waals surface area contributed by atoms with E-state index in [4.69, 9.17) is 21.7 Å². The second-order valence-electron chi connectivity index (χ2n) is 10.9. The Morgan fingerprint density at radius 2 is 1.73 bits per heavy atom. The number of rotatable bonds is 8. The van der Waals surface area contributed by atoms with Gasteiger partial charge in [-0.25, -0.2) is 9.59 Å². The summed E-state index contributed by atoms with van der Waals surface area (Å²) < 4.78 is 10.5. The normalized spacial score (nSPS) is 12.5. The number of ketones is 1. The van der Waals surface area contributed by atoms with Gasteiger partial charge in [-0.2, -0.15) is 0 Å². The van der Waals surface area contributed by atoms with Crippen LogP contribution in [0.2, 0.25) is 0 Å². The van der Waals surface area contributed by atoms with E-state index < -0.39 is 17.7 Å². The summed E-state index contributed by atoms with van der Waals surface area (Å²) in [5.41, 5.74) is 2.59. The number of nitrogens with zero attached hydrogens (tertiary/aromatic N) is 1. The predicted octanol–water partition coefficient (Wildman–Crippen LogP) is 6.57. The predicted molar refractivity (Wildman–Crippen MR) is 178 cm³/mol. The van der Waals surface area contributed by atoms with Crippen molar-refractivity contribution in [2.24, 2.45) is 0 Å². The van der Waals surface area contributed by atoms with Gasteiger partial charge in [-0.15, -0.1) is 23.1 Å². The summed E-state index contributed by atoms with van der Waals surface area (Å²) in [6, 6.07) is 14.5. The number of methoxy groups -OCH3 is 1. The number of thioether (sulfide) groups is 1. The Bertz CT molecular complexity index is 1580. The molecule has 3 aromatic rings. The van der Waals surface area contributed by atoms with Crippen molar-refractivity contribution in [2.75, 3.05) is 35.4 Å². The maximum Gasteiger partial charge on any atom is 0.410 e. The number of thiophene rings is 1. The van der Waals surface area contributed by atoms with E-state index in [0.717, 1.165) is 26.7 Å². The zero-order valence-electron chi connectivity index (χ0n) is 25.1. The molecule has 0 saturated carbocycles. The molecule has 2 aromatic carbocycles. The van der Waals surface area contributed by atoms with Crippen LogP contribution >= 0.6 is 35.3 Å². The number of carbonyl (C=O) groups is 4. The van der Waals surface area contributed by atoms with Crippen molar-refractivity contribution in [2.45, 2.75) is 51.2 Å². The number of hydrogen-bond acceptors (Lipinski definition) is 9. The second-order valence-corrected chi connectivity index (χ2v) is 13.5. The van der Waals surface area contributed by atoms with Gasteiger partial charge in [0, 0.05) is 33.3 Å². The number of Topliss-reactive ketones (excluding diaryl/α,β-unsaturated/α-hetero) is 1. The molecule has 1 aromatic heterocycles. The summed E-state index contributed by atoms with van der Waals surface area (Å²) in [4.78, 5) is 53.0.